The maximum Gasteiger partial charge on any atom is 0.133 e. The molecule has 0 radical (unpaired) electrons. The summed E-state index contributed by atoms with van der Waals surface area (Å²) in [5, 5.41) is 3.39. The number of hydrogen-bond donors (Lipinski definition) is 1. The lowest BCUT2D eigenvalue weighted by Crippen LogP contribution is -2.28. The van der Waals surface area contributed by atoms with Crippen LogP contribution in [0.3, 0.4) is 0 Å². The molecular weight excluding hydrogens is 210 g/mol. The molecule has 3 heteroatoms. The first-order chi connectivity index (χ1) is 8.35. The van der Waals surface area contributed by atoms with Crippen LogP contribution in [0.5, 0.6) is 0 Å². The highest BCUT2D eigenvalue weighted by Crippen LogP contribution is 2.31. The highest BCUT2D eigenvalue weighted by atomic mass is 15.2. The first-order valence-electron chi connectivity index (χ1n) is 6.74. The van der Waals surface area contributed by atoms with E-state index in [2.05, 4.69) is 35.1 Å². The predicted molar refractivity (Wildman–Crippen MR) is 72.2 cm³/mol. The molecular formula is C14H23N3. The van der Waals surface area contributed by atoms with Gasteiger partial charge in [0.1, 0.15) is 5.82 Å². The van der Waals surface area contributed by atoms with E-state index in [1.807, 2.05) is 12.3 Å². The van der Waals surface area contributed by atoms with Gasteiger partial charge in [0, 0.05) is 31.4 Å². The molecule has 1 aromatic heterocycles. The fraction of sp³-hybridized carbons (Fsp3) is 0.643. The lowest BCUT2D eigenvalue weighted by atomic mass is 10.2. The number of nitrogens with one attached hydrogen (secondary N) is 1. The summed E-state index contributed by atoms with van der Waals surface area (Å²) < 4.78 is 0. The molecule has 1 fully saturated rings. The highest BCUT2D eigenvalue weighted by molar-refractivity contribution is 5.46. The second kappa shape index (κ2) is 6.01. The number of anilines is 1. The van der Waals surface area contributed by atoms with Gasteiger partial charge in [-0.2, -0.15) is 0 Å². The van der Waals surface area contributed by atoms with Crippen LogP contribution in [0.4, 0.5) is 5.82 Å². The zero-order chi connectivity index (χ0) is 12.1. The zero-order valence-corrected chi connectivity index (χ0v) is 10.9. The summed E-state index contributed by atoms with van der Waals surface area (Å²) in [5.74, 6) is 2.08. The van der Waals surface area contributed by atoms with Crippen molar-refractivity contribution < 1.29 is 0 Å². The number of hydrogen-bond acceptors (Lipinski definition) is 3. The van der Waals surface area contributed by atoms with Gasteiger partial charge in [0.25, 0.3) is 0 Å². The van der Waals surface area contributed by atoms with Gasteiger partial charge in [-0.25, -0.2) is 4.98 Å². The molecule has 0 atom stereocenters. The van der Waals surface area contributed by atoms with E-state index in [-0.39, 0.29) is 0 Å². The van der Waals surface area contributed by atoms with Crippen molar-refractivity contribution >= 4 is 5.82 Å². The van der Waals surface area contributed by atoms with Crippen LogP contribution >= 0.6 is 0 Å². The van der Waals surface area contributed by atoms with Gasteiger partial charge in [0.2, 0.25) is 0 Å². The van der Waals surface area contributed by atoms with Crippen molar-refractivity contribution in [2.75, 3.05) is 24.5 Å². The van der Waals surface area contributed by atoms with Gasteiger partial charge in [0.15, 0.2) is 0 Å². The van der Waals surface area contributed by atoms with Crippen LogP contribution in [0.15, 0.2) is 18.3 Å². The van der Waals surface area contributed by atoms with Crippen LogP contribution in [-0.2, 0) is 6.54 Å². The summed E-state index contributed by atoms with van der Waals surface area (Å²) in [6.45, 7) is 8.50. The fourth-order valence-electron chi connectivity index (χ4n) is 2.09. The fourth-order valence-corrected chi connectivity index (χ4v) is 2.09. The van der Waals surface area contributed by atoms with Gasteiger partial charge in [0.05, 0.1) is 0 Å². The van der Waals surface area contributed by atoms with Crippen LogP contribution in [0.25, 0.3) is 0 Å². The Morgan fingerprint density at radius 1 is 1.41 bits per heavy atom. The minimum Gasteiger partial charge on any atom is -0.356 e. The van der Waals surface area contributed by atoms with Crippen molar-refractivity contribution in [3.8, 4) is 0 Å². The summed E-state index contributed by atoms with van der Waals surface area (Å²) in [7, 11) is 0. The second-order valence-corrected chi connectivity index (χ2v) is 4.75. The summed E-state index contributed by atoms with van der Waals surface area (Å²) in [5.41, 5.74) is 1.32. The van der Waals surface area contributed by atoms with Gasteiger partial charge < -0.3 is 10.2 Å². The van der Waals surface area contributed by atoms with Crippen LogP contribution in [0.1, 0.15) is 32.3 Å². The van der Waals surface area contributed by atoms with E-state index in [4.69, 9.17) is 0 Å². The van der Waals surface area contributed by atoms with Gasteiger partial charge in [-0.05, 0) is 38.3 Å². The smallest absolute Gasteiger partial charge is 0.133 e. The topological polar surface area (TPSA) is 28.2 Å². The maximum absolute atomic E-state index is 4.57. The van der Waals surface area contributed by atoms with Crippen molar-refractivity contribution in [2.24, 2.45) is 5.92 Å². The Morgan fingerprint density at radius 3 is 2.88 bits per heavy atom. The van der Waals surface area contributed by atoms with Crippen LogP contribution in [0.2, 0.25) is 0 Å². The third kappa shape index (κ3) is 3.43. The third-order valence-corrected chi connectivity index (χ3v) is 3.29. The lowest BCUT2D eigenvalue weighted by Gasteiger charge is -2.24. The molecule has 0 unspecified atom stereocenters. The van der Waals surface area contributed by atoms with Gasteiger partial charge in [-0.15, -0.1) is 0 Å². The van der Waals surface area contributed by atoms with Crippen molar-refractivity contribution in [2.45, 2.75) is 33.2 Å². The molecule has 0 saturated heterocycles. The first kappa shape index (κ1) is 12.4. The number of aromatic nitrogens is 1. The molecule has 1 aliphatic carbocycles. The van der Waals surface area contributed by atoms with Gasteiger partial charge in [-0.3, -0.25) is 0 Å². The number of pyridine rings is 1. The molecule has 0 amide bonds. The average molecular weight is 233 g/mol. The zero-order valence-electron chi connectivity index (χ0n) is 10.9. The molecule has 0 aliphatic heterocycles. The Morgan fingerprint density at radius 2 is 2.24 bits per heavy atom. The molecule has 94 valence electrons. The molecule has 1 heterocycles. The van der Waals surface area contributed by atoms with Crippen LogP contribution in [-0.4, -0.2) is 24.6 Å². The first-order valence-corrected chi connectivity index (χ1v) is 6.74. The molecule has 1 saturated carbocycles. The van der Waals surface area contributed by atoms with Crippen molar-refractivity contribution in [1.29, 1.82) is 0 Å². The second-order valence-electron chi connectivity index (χ2n) is 4.75. The lowest BCUT2D eigenvalue weighted by molar-refractivity contribution is 0.697. The highest BCUT2D eigenvalue weighted by Gasteiger charge is 2.25. The van der Waals surface area contributed by atoms with E-state index < -0.39 is 0 Å². The number of nitrogens with zero attached hydrogens (tertiary/aromatic N) is 2. The molecule has 1 aromatic rings. The Balaban J connectivity index is 2.09. The van der Waals surface area contributed by atoms with E-state index >= 15 is 0 Å². The summed E-state index contributed by atoms with van der Waals surface area (Å²) in [4.78, 5) is 6.99. The monoisotopic (exact) mass is 233 g/mol. The van der Waals surface area contributed by atoms with Crippen molar-refractivity contribution in [1.82, 2.24) is 10.3 Å². The Kier molecular flexibility index (Phi) is 4.37. The van der Waals surface area contributed by atoms with Crippen molar-refractivity contribution in [3.05, 3.63) is 23.9 Å². The Bertz CT molecular complexity index is 347. The molecule has 0 spiro atoms. The van der Waals surface area contributed by atoms with Crippen LogP contribution < -0.4 is 10.2 Å². The average Bonchev–Trinajstić information content (AvgIpc) is 3.18. The quantitative estimate of drug-likeness (QED) is 0.784. The largest absolute Gasteiger partial charge is 0.356 e. The standard InChI is InChI=1S/C14H23N3/c1-3-15-10-13-6-5-9-16-14(13)17(4-2)11-12-7-8-12/h5-6,9,12,15H,3-4,7-8,10-11H2,1-2H3. The van der Waals surface area contributed by atoms with Crippen LogP contribution in [0, 0.1) is 5.92 Å². The Hall–Kier alpha value is -1.09. The molecule has 0 aromatic carbocycles. The van der Waals surface area contributed by atoms with Gasteiger partial charge in [-0.1, -0.05) is 13.0 Å². The Labute approximate surface area is 104 Å². The third-order valence-electron chi connectivity index (χ3n) is 3.29. The minimum atomic E-state index is 0.906. The molecule has 0 bridgehead atoms. The number of rotatable bonds is 7. The summed E-state index contributed by atoms with van der Waals surface area (Å²) >= 11 is 0. The minimum absolute atomic E-state index is 0.906. The molecule has 1 aliphatic rings. The van der Waals surface area contributed by atoms with E-state index in [0.717, 1.165) is 25.6 Å². The van der Waals surface area contributed by atoms with E-state index in [1.165, 1.54) is 30.8 Å². The van der Waals surface area contributed by atoms with Crippen molar-refractivity contribution in [3.63, 3.8) is 0 Å². The summed E-state index contributed by atoms with van der Waals surface area (Å²) in [6.07, 6.45) is 4.69. The van der Waals surface area contributed by atoms with E-state index in [0.29, 0.717) is 0 Å². The molecule has 17 heavy (non-hydrogen) atoms. The van der Waals surface area contributed by atoms with E-state index in [9.17, 15) is 0 Å². The summed E-state index contributed by atoms with van der Waals surface area (Å²) in [6, 6.07) is 4.21. The maximum atomic E-state index is 4.57. The van der Waals surface area contributed by atoms with E-state index in [1.54, 1.807) is 0 Å². The molecule has 1 N–H and O–H groups in total. The van der Waals surface area contributed by atoms with Gasteiger partial charge >= 0.3 is 0 Å². The molecule has 3 nitrogen and oxygen atoms in total. The SMILES string of the molecule is CCNCc1cccnc1N(CC)CC1CC1. The normalized spacial score (nSPS) is 14.9. The molecule has 2 rings (SSSR count). The predicted octanol–water partition coefficient (Wildman–Crippen LogP) is 2.43.